The lowest BCUT2D eigenvalue weighted by Gasteiger charge is -2.24. The highest BCUT2D eigenvalue weighted by Crippen LogP contribution is 2.32. The quantitative estimate of drug-likeness (QED) is 0.713. The third-order valence-corrected chi connectivity index (χ3v) is 3.86. The van der Waals surface area contributed by atoms with Gasteiger partial charge >= 0.3 is 5.97 Å². The maximum Gasteiger partial charge on any atom is 0.303 e. The summed E-state index contributed by atoms with van der Waals surface area (Å²) in [5.74, 6) is 0.131. The second-order valence-corrected chi connectivity index (χ2v) is 5.78. The van der Waals surface area contributed by atoms with Crippen molar-refractivity contribution >= 4 is 11.9 Å². The molecule has 0 N–H and O–H groups in total. The SMILES string of the molecule is COc1ccc(C(OC(C)=O)C(=O)N(C)Cc2ccccc2)cc1OC. The van der Waals surface area contributed by atoms with Crippen LogP contribution in [-0.2, 0) is 20.9 Å². The van der Waals surface area contributed by atoms with Crippen LogP contribution in [-0.4, -0.2) is 38.0 Å². The molecular formula is C20H23NO5. The van der Waals surface area contributed by atoms with Crippen LogP contribution in [0.2, 0.25) is 0 Å². The number of carbonyl (C=O) groups is 2. The topological polar surface area (TPSA) is 65.1 Å². The van der Waals surface area contributed by atoms with Crippen LogP contribution >= 0.6 is 0 Å². The Labute approximate surface area is 153 Å². The molecule has 1 unspecified atom stereocenters. The number of likely N-dealkylation sites (N-methyl/N-ethyl adjacent to an activating group) is 1. The predicted molar refractivity (Wildman–Crippen MR) is 97.0 cm³/mol. The first-order valence-corrected chi connectivity index (χ1v) is 8.14. The molecule has 0 radical (unpaired) electrons. The minimum Gasteiger partial charge on any atom is -0.493 e. The van der Waals surface area contributed by atoms with Crippen molar-refractivity contribution in [3.05, 3.63) is 59.7 Å². The number of esters is 1. The number of benzene rings is 2. The van der Waals surface area contributed by atoms with Crippen LogP contribution in [0.4, 0.5) is 0 Å². The van der Waals surface area contributed by atoms with Gasteiger partial charge in [-0.25, -0.2) is 0 Å². The molecule has 0 bridgehead atoms. The summed E-state index contributed by atoms with van der Waals surface area (Å²) < 4.78 is 15.8. The molecule has 0 heterocycles. The zero-order valence-electron chi connectivity index (χ0n) is 15.4. The van der Waals surface area contributed by atoms with Gasteiger partial charge in [-0.1, -0.05) is 36.4 Å². The number of hydrogen-bond donors (Lipinski definition) is 0. The van der Waals surface area contributed by atoms with Crippen LogP contribution in [0, 0.1) is 0 Å². The Kier molecular flexibility index (Phi) is 6.60. The Morgan fingerprint density at radius 1 is 1.00 bits per heavy atom. The number of nitrogens with zero attached hydrogens (tertiary/aromatic N) is 1. The van der Waals surface area contributed by atoms with E-state index in [0.717, 1.165) is 5.56 Å². The maximum atomic E-state index is 12.9. The first-order valence-electron chi connectivity index (χ1n) is 8.14. The summed E-state index contributed by atoms with van der Waals surface area (Å²) in [6.45, 7) is 1.68. The minimum absolute atomic E-state index is 0.323. The number of carbonyl (C=O) groups excluding carboxylic acids is 2. The summed E-state index contributed by atoms with van der Waals surface area (Å²) in [4.78, 5) is 26.0. The summed E-state index contributed by atoms with van der Waals surface area (Å²) in [7, 11) is 4.71. The minimum atomic E-state index is -1.05. The average molecular weight is 357 g/mol. The second kappa shape index (κ2) is 8.89. The molecular weight excluding hydrogens is 334 g/mol. The standard InChI is InChI=1S/C20H23NO5/c1-14(22)26-19(16-10-11-17(24-3)18(12-16)25-4)20(23)21(2)13-15-8-6-5-7-9-15/h5-12,19H,13H2,1-4H3. The Bertz CT molecular complexity index is 760. The number of rotatable bonds is 7. The van der Waals surface area contributed by atoms with Gasteiger partial charge in [0.25, 0.3) is 5.91 Å². The molecule has 2 rings (SSSR count). The van der Waals surface area contributed by atoms with Gasteiger partial charge in [-0.2, -0.15) is 0 Å². The van der Waals surface area contributed by atoms with Gasteiger partial charge in [0.15, 0.2) is 11.5 Å². The number of methoxy groups -OCH3 is 2. The smallest absolute Gasteiger partial charge is 0.303 e. The number of amides is 1. The Balaban J connectivity index is 2.28. The van der Waals surface area contributed by atoms with Gasteiger partial charge < -0.3 is 19.1 Å². The molecule has 0 spiro atoms. The van der Waals surface area contributed by atoms with Crippen molar-refractivity contribution in [1.29, 1.82) is 0 Å². The zero-order chi connectivity index (χ0) is 19.1. The second-order valence-electron chi connectivity index (χ2n) is 5.78. The first-order chi connectivity index (χ1) is 12.5. The van der Waals surface area contributed by atoms with Gasteiger partial charge in [0.2, 0.25) is 6.10 Å². The van der Waals surface area contributed by atoms with Crippen molar-refractivity contribution in [3.63, 3.8) is 0 Å². The van der Waals surface area contributed by atoms with Crippen LogP contribution in [0.25, 0.3) is 0 Å². The fourth-order valence-corrected chi connectivity index (χ4v) is 2.58. The lowest BCUT2D eigenvalue weighted by atomic mass is 10.1. The molecule has 1 atom stereocenters. The molecule has 0 aromatic heterocycles. The van der Waals surface area contributed by atoms with E-state index in [4.69, 9.17) is 14.2 Å². The van der Waals surface area contributed by atoms with E-state index < -0.39 is 12.1 Å². The molecule has 6 nitrogen and oxygen atoms in total. The van der Waals surface area contributed by atoms with E-state index in [-0.39, 0.29) is 5.91 Å². The van der Waals surface area contributed by atoms with Crippen LogP contribution in [0.3, 0.4) is 0 Å². The van der Waals surface area contributed by atoms with E-state index in [1.54, 1.807) is 25.2 Å². The monoisotopic (exact) mass is 357 g/mol. The van der Waals surface area contributed by atoms with Crippen LogP contribution < -0.4 is 9.47 Å². The highest BCUT2D eigenvalue weighted by Gasteiger charge is 2.28. The third-order valence-electron chi connectivity index (χ3n) is 3.86. The fraction of sp³-hybridized carbons (Fsp3) is 0.300. The zero-order valence-corrected chi connectivity index (χ0v) is 15.4. The number of ether oxygens (including phenoxy) is 3. The van der Waals surface area contributed by atoms with Crippen LogP contribution in [0.15, 0.2) is 48.5 Å². The summed E-state index contributed by atoms with van der Waals surface area (Å²) in [6.07, 6.45) is -1.05. The Morgan fingerprint density at radius 2 is 1.65 bits per heavy atom. The van der Waals surface area contributed by atoms with E-state index in [1.807, 2.05) is 30.3 Å². The van der Waals surface area contributed by atoms with Gasteiger partial charge in [0.05, 0.1) is 14.2 Å². The maximum absolute atomic E-state index is 12.9. The molecule has 138 valence electrons. The molecule has 0 fully saturated rings. The molecule has 2 aromatic rings. The highest BCUT2D eigenvalue weighted by molar-refractivity contribution is 5.84. The van der Waals surface area contributed by atoms with Crippen molar-refractivity contribution in [2.45, 2.75) is 19.6 Å². The molecule has 2 aromatic carbocycles. The van der Waals surface area contributed by atoms with Gasteiger partial charge in [0.1, 0.15) is 0 Å². The fourth-order valence-electron chi connectivity index (χ4n) is 2.58. The third kappa shape index (κ3) is 4.75. The van der Waals surface area contributed by atoms with Crippen molar-refractivity contribution in [1.82, 2.24) is 4.90 Å². The normalized spacial score (nSPS) is 11.4. The number of hydrogen-bond acceptors (Lipinski definition) is 5. The molecule has 0 aliphatic rings. The van der Waals surface area contributed by atoms with E-state index in [0.29, 0.717) is 23.6 Å². The van der Waals surface area contributed by atoms with Crippen molar-refractivity contribution in [3.8, 4) is 11.5 Å². The van der Waals surface area contributed by atoms with E-state index in [2.05, 4.69) is 0 Å². The van der Waals surface area contributed by atoms with E-state index >= 15 is 0 Å². The molecule has 0 aliphatic heterocycles. The Hall–Kier alpha value is -3.02. The van der Waals surface area contributed by atoms with Crippen molar-refractivity contribution in [2.24, 2.45) is 0 Å². The Morgan fingerprint density at radius 3 is 2.23 bits per heavy atom. The van der Waals surface area contributed by atoms with E-state index in [1.165, 1.54) is 26.0 Å². The first kappa shape index (κ1) is 19.3. The van der Waals surface area contributed by atoms with Crippen LogP contribution in [0.5, 0.6) is 11.5 Å². The predicted octanol–water partition coefficient (Wildman–Crippen LogP) is 2.97. The van der Waals surface area contributed by atoms with Crippen molar-refractivity contribution < 1.29 is 23.8 Å². The molecule has 0 saturated heterocycles. The molecule has 0 saturated carbocycles. The van der Waals surface area contributed by atoms with Gasteiger partial charge in [-0.05, 0) is 17.7 Å². The van der Waals surface area contributed by atoms with Gasteiger partial charge in [-0.15, -0.1) is 0 Å². The lowest BCUT2D eigenvalue weighted by molar-refractivity contribution is -0.158. The van der Waals surface area contributed by atoms with Gasteiger partial charge in [0, 0.05) is 26.1 Å². The summed E-state index contributed by atoms with van der Waals surface area (Å²) >= 11 is 0. The molecule has 1 amide bonds. The summed E-state index contributed by atoms with van der Waals surface area (Å²) in [5.41, 5.74) is 1.50. The van der Waals surface area contributed by atoms with Crippen molar-refractivity contribution in [2.75, 3.05) is 21.3 Å². The molecule has 0 aliphatic carbocycles. The lowest BCUT2D eigenvalue weighted by Crippen LogP contribution is -2.33. The van der Waals surface area contributed by atoms with E-state index in [9.17, 15) is 9.59 Å². The highest BCUT2D eigenvalue weighted by atomic mass is 16.5. The summed E-state index contributed by atoms with van der Waals surface area (Å²) in [6, 6.07) is 14.6. The van der Waals surface area contributed by atoms with Crippen LogP contribution in [0.1, 0.15) is 24.2 Å². The average Bonchev–Trinajstić information content (AvgIpc) is 2.65. The molecule has 6 heteroatoms. The largest absolute Gasteiger partial charge is 0.493 e. The molecule has 26 heavy (non-hydrogen) atoms. The summed E-state index contributed by atoms with van der Waals surface area (Å²) in [5, 5.41) is 0. The van der Waals surface area contributed by atoms with Gasteiger partial charge in [-0.3, -0.25) is 9.59 Å².